The smallest absolute Gasteiger partial charge is 0.335 e. The van der Waals surface area contributed by atoms with Crippen molar-refractivity contribution in [3.05, 3.63) is 68.5 Å². The van der Waals surface area contributed by atoms with Crippen LogP contribution in [-0.2, 0) is 0 Å². The highest BCUT2D eigenvalue weighted by atomic mass is 35.5. The van der Waals surface area contributed by atoms with Crippen LogP contribution in [0.1, 0.15) is 28.4 Å². The van der Waals surface area contributed by atoms with Gasteiger partial charge in [0.15, 0.2) is 5.11 Å². The Balaban J connectivity index is 1.71. The summed E-state index contributed by atoms with van der Waals surface area (Å²) in [5.74, 6) is -0.897. The van der Waals surface area contributed by atoms with Gasteiger partial charge in [0, 0.05) is 11.1 Å². The summed E-state index contributed by atoms with van der Waals surface area (Å²) < 4.78 is 0. The molecule has 0 bridgehead atoms. The summed E-state index contributed by atoms with van der Waals surface area (Å²) in [4.78, 5) is 11.8. The molecule has 2 aromatic carbocycles. The third-order valence-electron chi connectivity index (χ3n) is 4.38. The number of aromatic hydroxyl groups is 1. The van der Waals surface area contributed by atoms with E-state index in [0.717, 1.165) is 5.56 Å². The SMILES string of the molecule is C/C(=N\NC(=S)Nc1ccc(C(=O)O)c(C)c1)c1csc(-c2ccc(Cl)c(Cl)c2)c1O. The molecule has 3 rings (SSSR count). The highest BCUT2D eigenvalue weighted by molar-refractivity contribution is 7.80. The number of nitrogens with one attached hydrogen (secondary N) is 2. The van der Waals surface area contributed by atoms with Crippen LogP contribution in [0.15, 0.2) is 46.9 Å². The van der Waals surface area contributed by atoms with Crippen molar-refractivity contribution in [3.63, 3.8) is 0 Å². The number of nitrogens with zero attached hydrogens (tertiary/aromatic N) is 1. The van der Waals surface area contributed by atoms with Crippen LogP contribution in [0, 0.1) is 6.92 Å². The van der Waals surface area contributed by atoms with Crippen molar-refractivity contribution >= 4 is 69.2 Å². The Morgan fingerprint density at radius 3 is 2.52 bits per heavy atom. The monoisotopic (exact) mass is 493 g/mol. The summed E-state index contributed by atoms with van der Waals surface area (Å²) in [5, 5.41) is 29.8. The third-order valence-corrected chi connectivity index (χ3v) is 6.33. The van der Waals surface area contributed by atoms with Gasteiger partial charge in [-0.05, 0) is 67.5 Å². The number of carboxylic acid groups (broad SMARTS) is 1. The van der Waals surface area contributed by atoms with Gasteiger partial charge in [0.2, 0.25) is 0 Å². The number of hydrogen-bond donors (Lipinski definition) is 4. The van der Waals surface area contributed by atoms with Gasteiger partial charge in [-0.2, -0.15) is 5.10 Å². The van der Waals surface area contributed by atoms with Crippen molar-refractivity contribution in [2.75, 3.05) is 5.32 Å². The number of aryl methyl sites for hydroxylation is 1. The molecule has 0 radical (unpaired) electrons. The van der Waals surface area contributed by atoms with E-state index in [2.05, 4.69) is 15.8 Å². The van der Waals surface area contributed by atoms with E-state index in [9.17, 15) is 9.90 Å². The van der Waals surface area contributed by atoms with Crippen LogP contribution in [0.5, 0.6) is 5.75 Å². The molecule has 31 heavy (non-hydrogen) atoms. The first-order chi connectivity index (χ1) is 14.7. The summed E-state index contributed by atoms with van der Waals surface area (Å²) in [5.41, 5.74) is 6.03. The molecule has 0 fully saturated rings. The first-order valence-electron chi connectivity index (χ1n) is 8.89. The summed E-state index contributed by atoms with van der Waals surface area (Å²) >= 11 is 18.6. The summed E-state index contributed by atoms with van der Waals surface area (Å²) in [6.07, 6.45) is 0. The van der Waals surface area contributed by atoms with Crippen molar-refractivity contribution in [2.24, 2.45) is 5.10 Å². The predicted octanol–water partition coefficient (Wildman–Crippen LogP) is 6.14. The lowest BCUT2D eigenvalue weighted by Gasteiger charge is -2.10. The largest absolute Gasteiger partial charge is 0.506 e. The second-order valence-corrected chi connectivity index (χ2v) is 8.66. The Morgan fingerprint density at radius 1 is 1.13 bits per heavy atom. The van der Waals surface area contributed by atoms with E-state index in [1.165, 1.54) is 17.4 Å². The number of hydrogen-bond acceptors (Lipinski definition) is 5. The van der Waals surface area contributed by atoms with Crippen LogP contribution in [0.3, 0.4) is 0 Å². The molecule has 0 aliphatic rings. The standard InChI is InChI=1S/C21H17Cl2N3O3S2/c1-10-7-13(4-5-14(10)20(28)29)24-21(30)26-25-11(2)15-9-31-19(18(15)27)12-3-6-16(22)17(23)8-12/h3-9,27H,1-2H3,(H,28,29)(H2,24,26,30)/b25-11+. The maximum atomic E-state index is 11.1. The van der Waals surface area contributed by atoms with Gasteiger partial charge in [0.05, 0.1) is 31.8 Å². The number of carboxylic acids is 1. The predicted molar refractivity (Wildman–Crippen MR) is 131 cm³/mol. The summed E-state index contributed by atoms with van der Waals surface area (Å²) in [6, 6.07) is 9.96. The summed E-state index contributed by atoms with van der Waals surface area (Å²) in [7, 11) is 0. The van der Waals surface area contributed by atoms with E-state index in [1.54, 1.807) is 49.6 Å². The summed E-state index contributed by atoms with van der Waals surface area (Å²) in [6.45, 7) is 3.44. The molecule has 0 saturated carbocycles. The van der Waals surface area contributed by atoms with E-state index in [-0.39, 0.29) is 16.4 Å². The maximum Gasteiger partial charge on any atom is 0.335 e. The number of aromatic carboxylic acids is 1. The van der Waals surface area contributed by atoms with Crippen LogP contribution in [0.4, 0.5) is 5.69 Å². The molecular formula is C21H17Cl2N3O3S2. The van der Waals surface area contributed by atoms with Crippen molar-refractivity contribution in [2.45, 2.75) is 13.8 Å². The lowest BCUT2D eigenvalue weighted by Crippen LogP contribution is -2.25. The fourth-order valence-corrected chi connectivity index (χ4v) is 4.25. The van der Waals surface area contributed by atoms with Crippen LogP contribution in [0.2, 0.25) is 10.0 Å². The zero-order valence-corrected chi connectivity index (χ0v) is 19.5. The molecule has 1 heterocycles. The molecule has 0 aliphatic carbocycles. The molecule has 0 saturated heterocycles. The van der Waals surface area contributed by atoms with Crippen molar-refractivity contribution in [1.82, 2.24) is 5.43 Å². The van der Waals surface area contributed by atoms with Crippen LogP contribution < -0.4 is 10.7 Å². The Bertz CT molecular complexity index is 1210. The minimum atomic E-state index is -0.985. The fourth-order valence-electron chi connectivity index (χ4n) is 2.79. The topological polar surface area (TPSA) is 94.0 Å². The minimum Gasteiger partial charge on any atom is -0.506 e. The Hall–Kier alpha value is -2.65. The molecule has 6 nitrogen and oxygen atoms in total. The number of rotatable bonds is 5. The number of carbonyl (C=O) groups is 1. The van der Waals surface area contributed by atoms with Gasteiger partial charge in [-0.25, -0.2) is 4.79 Å². The van der Waals surface area contributed by atoms with Gasteiger partial charge in [0.1, 0.15) is 5.75 Å². The maximum absolute atomic E-state index is 11.1. The quantitative estimate of drug-likeness (QED) is 0.193. The van der Waals surface area contributed by atoms with E-state index < -0.39 is 5.97 Å². The highest BCUT2D eigenvalue weighted by Gasteiger charge is 2.16. The fraction of sp³-hybridized carbons (Fsp3) is 0.0952. The van der Waals surface area contributed by atoms with Crippen LogP contribution in [-0.4, -0.2) is 27.0 Å². The lowest BCUT2D eigenvalue weighted by molar-refractivity contribution is 0.0696. The van der Waals surface area contributed by atoms with E-state index in [1.807, 2.05) is 0 Å². The molecule has 0 aliphatic heterocycles. The second kappa shape index (κ2) is 9.65. The number of thiophene rings is 1. The highest BCUT2D eigenvalue weighted by Crippen LogP contribution is 2.40. The molecule has 0 atom stereocenters. The van der Waals surface area contributed by atoms with Gasteiger partial charge in [-0.1, -0.05) is 29.3 Å². The number of anilines is 1. The van der Waals surface area contributed by atoms with E-state index >= 15 is 0 Å². The molecule has 0 unspecified atom stereocenters. The van der Waals surface area contributed by atoms with Crippen molar-refractivity contribution < 1.29 is 15.0 Å². The molecule has 0 amide bonds. The first-order valence-corrected chi connectivity index (χ1v) is 10.9. The van der Waals surface area contributed by atoms with Gasteiger partial charge in [-0.3, -0.25) is 5.43 Å². The molecular weight excluding hydrogens is 477 g/mol. The molecule has 160 valence electrons. The van der Waals surface area contributed by atoms with E-state index in [0.29, 0.717) is 37.4 Å². The number of hydrazone groups is 1. The Kier molecular flexibility index (Phi) is 7.17. The van der Waals surface area contributed by atoms with Crippen LogP contribution in [0.25, 0.3) is 10.4 Å². The molecule has 4 N–H and O–H groups in total. The van der Waals surface area contributed by atoms with Gasteiger partial charge < -0.3 is 15.5 Å². The second-order valence-electron chi connectivity index (χ2n) is 6.55. The normalized spacial score (nSPS) is 11.3. The average molecular weight is 494 g/mol. The van der Waals surface area contributed by atoms with E-state index in [4.69, 9.17) is 40.5 Å². The average Bonchev–Trinajstić information content (AvgIpc) is 3.09. The van der Waals surface area contributed by atoms with Gasteiger partial charge in [-0.15, -0.1) is 11.3 Å². The molecule has 0 spiro atoms. The third kappa shape index (κ3) is 5.34. The van der Waals surface area contributed by atoms with Gasteiger partial charge in [0.25, 0.3) is 0 Å². The molecule has 3 aromatic rings. The van der Waals surface area contributed by atoms with Crippen LogP contribution >= 0.6 is 46.8 Å². The number of benzene rings is 2. The van der Waals surface area contributed by atoms with Gasteiger partial charge >= 0.3 is 5.97 Å². The molecule has 1 aromatic heterocycles. The zero-order valence-electron chi connectivity index (χ0n) is 16.4. The Morgan fingerprint density at radius 2 is 1.87 bits per heavy atom. The zero-order chi connectivity index (χ0) is 22.7. The van der Waals surface area contributed by atoms with Crippen molar-refractivity contribution in [3.8, 4) is 16.2 Å². The first kappa shape index (κ1) is 23.0. The minimum absolute atomic E-state index is 0.0881. The Labute approximate surface area is 198 Å². The molecule has 10 heteroatoms. The number of thiocarbonyl (C=S) groups is 1. The van der Waals surface area contributed by atoms with Crippen molar-refractivity contribution in [1.29, 1.82) is 0 Å². The lowest BCUT2D eigenvalue weighted by atomic mass is 10.1. The number of halogens is 2.